The smallest absolute Gasteiger partial charge is 0.320 e. The van der Waals surface area contributed by atoms with Gasteiger partial charge in [0.15, 0.2) is 0 Å². The highest BCUT2D eigenvalue weighted by Crippen LogP contribution is 2.33. The highest BCUT2D eigenvalue weighted by Gasteiger charge is 2.30. The number of fused-ring (bicyclic) bond motifs is 1. The van der Waals surface area contributed by atoms with E-state index >= 15 is 0 Å². The molecule has 0 unspecified atom stereocenters. The quantitative estimate of drug-likeness (QED) is 0.710. The molecule has 0 saturated carbocycles. The molecule has 23 heavy (non-hydrogen) atoms. The molecule has 2 aromatic heterocycles. The first-order valence-electron chi connectivity index (χ1n) is 7.11. The Bertz CT molecular complexity index is 869. The van der Waals surface area contributed by atoms with Crippen LogP contribution in [0.25, 0.3) is 22.2 Å². The van der Waals surface area contributed by atoms with Crippen LogP contribution in [0.15, 0.2) is 53.5 Å². The molecule has 0 spiro atoms. The van der Waals surface area contributed by atoms with E-state index in [1.807, 2.05) is 13.8 Å². The second-order valence-electron chi connectivity index (χ2n) is 4.52. The van der Waals surface area contributed by atoms with Gasteiger partial charge >= 0.3 is 6.18 Å². The van der Waals surface area contributed by atoms with E-state index in [0.29, 0.717) is 22.2 Å². The minimum absolute atomic E-state index is 0.330. The largest absolute Gasteiger partial charge is 0.416 e. The summed E-state index contributed by atoms with van der Waals surface area (Å²) in [6, 6.07) is 9.40. The fraction of sp³-hybridized carbons (Fsp3) is 0.176. The standard InChI is InChI=1S/C15H9F3N2O.C2H6/c16-15(17,18)10-3-1-2-9(8-10)11-6-7-19-12-4-5-13(21)20-14(11)12;1-2/h1-8H,(H,20,21);1-2H3. The van der Waals surface area contributed by atoms with E-state index in [1.165, 1.54) is 24.4 Å². The summed E-state index contributed by atoms with van der Waals surface area (Å²) in [6.07, 6.45) is -2.91. The van der Waals surface area contributed by atoms with Gasteiger partial charge in [0.25, 0.3) is 0 Å². The van der Waals surface area contributed by atoms with Gasteiger partial charge in [-0.15, -0.1) is 0 Å². The predicted molar refractivity (Wildman–Crippen MR) is 84.1 cm³/mol. The first-order chi connectivity index (χ1) is 10.9. The number of benzene rings is 1. The third-order valence-electron chi connectivity index (χ3n) is 3.12. The van der Waals surface area contributed by atoms with Crippen LogP contribution in [0.4, 0.5) is 13.2 Å². The molecule has 0 aliphatic rings. The number of halogens is 3. The topological polar surface area (TPSA) is 45.8 Å². The molecule has 0 aliphatic heterocycles. The van der Waals surface area contributed by atoms with Gasteiger partial charge in [-0.05, 0) is 29.8 Å². The zero-order valence-corrected chi connectivity index (χ0v) is 12.6. The Labute approximate surface area is 130 Å². The maximum atomic E-state index is 12.8. The van der Waals surface area contributed by atoms with Crippen LogP contribution in [0.2, 0.25) is 0 Å². The molecule has 0 atom stereocenters. The minimum atomic E-state index is -4.41. The summed E-state index contributed by atoms with van der Waals surface area (Å²) in [6.45, 7) is 4.00. The monoisotopic (exact) mass is 320 g/mol. The summed E-state index contributed by atoms with van der Waals surface area (Å²) >= 11 is 0. The number of H-pyrrole nitrogens is 1. The number of alkyl halides is 3. The van der Waals surface area contributed by atoms with E-state index in [4.69, 9.17) is 0 Å². The molecular formula is C17H15F3N2O. The normalized spacial score (nSPS) is 11.0. The van der Waals surface area contributed by atoms with Crippen molar-refractivity contribution in [1.82, 2.24) is 9.97 Å². The number of nitrogens with zero attached hydrogens (tertiary/aromatic N) is 1. The van der Waals surface area contributed by atoms with Crippen LogP contribution in [-0.4, -0.2) is 9.97 Å². The molecule has 0 radical (unpaired) electrons. The summed E-state index contributed by atoms with van der Waals surface area (Å²) in [5, 5.41) is 0. The Morgan fingerprint density at radius 2 is 1.78 bits per heavy atom. The number of pyridine rings is 2. The number of hydrogen-bond acceptors (Lipinski definition) is 2. The summed E-state index contributed by atoms with van der Waals surface area (Å²) in [4.78, 5) is 18.1. The molecule has 6 heteroatoms. The molecule has 120 valence electrons. The van der Waals surface area contributed by atoms with Gasteiger partial charge in [-0.2, -0.15) is 13.2 Å². The summed E-state index contributed by atoms with van der Waals surface area (Å²) in [5.41, 5.74) is 0.753. The predicted octanol–water partition coefficient (Wildman–Crippen LogP) is 4.64. The van der Waals surface area contributed by atoms with Crippen molar-refractivity contribution < 1.29 is 13.2 Å². The van der Waals surface area contributed by atoms with E-state index in [1.54, 1.807) is 12.1 Å². The van der Waals surface area contributed by atoms with Crippen molar-refractivity contribution in [3.63, 3.8) is 0 Å². The lowest BCUT2D eigenvalue weighted by atomic mass is 10.0. The SMILES string of the molecule is CC.O=c1ccc2nccc(-c3cccc(C(F)(F)F)c3)c2[nH]1. The molecule has 0 fully saturated rings. The Morgan fingerprint density at radius 3 is 2.48 bits per heavy atom. The van der Waals surface area contributed by atoms with Gasteiger partial charge in [-0.25, -0.2) is 0 Å². The van der Waals surface area contributed by atoms with Gasteiger partial charge in [0.2, 0.25) is 5.56 Å². The first kappa shape index (κ1) is 16.7. The van der Waals surface area contributed by atoms with Crippen LogP contribution in [-0.2, 0) is 6.18 Å². The number of hydrogen-bond donors (Lipinski definition) is 1. The second-order valence-corrected chi connectivity index (χ2v) is 4.52. The average molecular weight is 320 g/mol. The van der Waals surface area contributed by atoms with Gasteiger partial charge in [-0.1, -0.05) is 26.0 Å². The summed E-state index contributed by atoms with van der Waals surface area (Å²) < 4.78 is 38.4. The fourth-order valence-electron chi connectivity index (χ4n) is 2.16. The molecular weight excluding hydrogens is 305 g/mol. The Balaban J connectivity index is 0.000000924. The van der Waals surface area contributed by atoms with Crippen molar-refractivity contribution in [2.45, 2.75) is 20.0 Å². The number of nitrogens with one attached hydrogen (secondary N) is 1. The molecule has 0 aliphatic carbocycles. The van der Waals surface area contributed by atoms with Crippen molar-refractivity contribution in [1.29, 1.82) is 0 Å². The molecule has 0 bridgehead atoms. The third kappa shape index (κ3) is 3.59. The Morgan fingerprint density at radius 1 is 1.04 bits per heavy atom. The first-order valence-corrected chi connectivity index (χ1v) is 7.11. The van der Waals surface area contributed by atoms with Gasteiger partial charge in [0, 0.05) is 17.8 Å². The van der Waals surface area contributed by atoms with E-state index in [9.17, 15) is 18.0 Å². The molecule has 3 nitrogen and oxygen atoms in total. The lowest BCUT2D eigenvalue weighted by molar-refractivity contribution is -0.137. The van der Waals surface area contributed by atoms with Crippen molar-refractivity contribution in [2.24, 2.45) is 0 Å². The maximum absolute atomic E-state index is 12.8. The lowest BCUT2D eigenvalue weighted by Crippen LogP contribution is -2.05. The van der Waals surface area contributed by atoms with Crippen molar-refractivity contribution in [2.75, 3.05) is 0 Å². The highest BCUT2D eigenvalue weighted by molar-refractivity contribution is 5.90. The molecule has 3 rings (SSSR count). The number of aromatic amines is 1. The van der Waals surface area contributed by atoms with Crippen LogP contribution in [0.1, 0.15) is 19.4 Å². The van der Waals surface area contributed by atoms with E-state index in [0.717, 1.165) is 12.1 Å². The van der Waals surface area contributed by atoms with Crippen LogP contribution in [0, 0.1) is 0 Å². The second kappa shape index (κ2) is 6.64. The lowest BCUT2D eigenvalue weighted by Gasteiger charge is -2.10. The van der Waals surface area contributed by atoms with Gasteiger partial charge < -0.3 is 4.98 Å². The average Bonchev–Trinajstić information content (AvgIpc) is 2.55. The highest BCUT2D eigenvalue weighted by atomic mass is 19.4. The number of aromatic nitrogens is 2. The van der Waals surface area contributed by atoms with Gasteiger partial charge in [0.1, 0.15) is 0 Å². The van der Waals surface area contributed by atoms with Crippen LogP contribution in [0.5, 0.6) is 0 Å². The van der Waals surface area contributed by atoms with Crippen molar-refractivity contribution in [3.05, 3.63) is 64.6 Å². The molecule has 2 heterocycles. The fourth-order valence-corrected chi connectivity index (χ4v) is 2.16. The third-order valence-corrected chi connectivity index (χ3v) is 3.12. The molecule has 1 N–H and O–H groups in total. The zero-order valence-electron chi connectivity index (χ0n) is 12.6. The van der Waals surface area contributed by atoms with Gasteiger partial charge in [0.05, 0.1) is 16.6 Å². The van der Waals surface area contributed by atoms with E-state index in [-0.39, 0.29) is 5.56 Å². The molecule has 3 aromatic rings. The van der Waals surface area contributed by atoms with E-state index in [2.05, 4.69) is 9.97 Å². The van der Waals surface area contributed by atoms with Crippen molar-refractivity contribution in [3.8, 4) is 11.1 Å². The Kier molecular flexibility index (Phi) is 4.83. The summed E-state index contributed by atoms with van der Waals surface area (Å²) in [5.74, 6) is 0. The van der Waals surface area contributed by atoms with E-state index < -0.39 is 11.7 Å². The molecule has 0 amide bonds. The molecule has 0 saturated heterocycles. The molecule has 1 aromatic carbocycles. The van der Waals surface area contributed by atoms with Crippen LogP contribution in [0.3, 0.4) is 0 Å². The minimum Gasteiger partial charge on any atom is -0.320 e. The number of rotatable bonds is 1. The zero-order chi connectivity index (χ0) is 17.0. The van der Waals surface area contributed by atoms with Gasteiger partial charge in [-0.3, -0.25) is 9.78 Å². The summed E-state index contributed by atoms with van der Waals surface area (Å²) in [7, 11) is 0. The van der Waals surface area contributed by atoms with Crippen LogP contribution < -0.4 is 5.56 Å². The van der Waals surface area contributed by atoms with Crippen molar-refractivity contribution >= 4 is 11.0 Å². The van der Waals surface area contributed by atoms with Crippen LogP contribution >= 0.6 is 0 Å². The Hall–Kier alpha value is -2.63. The maximum Gasteiger partial charge on any atom is 0.416 e.